The van der Waals surface area contributed by atoms with E-state index in [1.54, 1.807) is 42.2 Å². The van der Waals surface area contributed by atoms with Crippen molar-refractivity contribution < 1.29 is 33.6 Å². The number of likely N-dealkylation sites (tertiary alicyclic amines) is 1. The molecular weight excluding hydrogens is 939 g/mol. The van der Waals surface area contributed by atoms with Crippen LogP contribution in [-0.2, 0) is 30.3 Å². The maximum atomic E-state index is 14.1. The lowest BCUT2D eigenvalue weighted by atomic mass is 9.85. The van der Waals surface area contributed by atoms with Gasteiger partial charge in [-0.2, -0.15) is 4.98 Å². The Balaban J connectivity index is 0.894. The Labute approximate surface area is 411 Å². The number of β-amino-alcohol motifs (C(OH)–C–C–N with tert-alkyl or cyclic N) is 1. The highest BCUT2D eigenvalue weighted by Gasteiger charge is 2.44. The molecular formula is C49H60ClN10O7PS. The van der Waals surface area contributed by atoms with E-state index in [9.17, 15) is 28.8 Å². The lowest BCUT2D eigenvalue weighted by molar-refractivity contribution is -0.144. The molecule has 4 heterocycles. The summed E-state index contributed by atoms with van der Waals surface area (Å²) in [5, 5.41) is 23.8. The Morgan fingerprint density at radius 2 is 1.68 bits per heavy atom. The van der Waals surface area contributed by atoms with Crippen LogP contribution >= 0.6 is 30.1 Å². The first-order valence-corrected chi connectivity index (χ1v) is 26.6. The third-order valence-corrected chi connectivity index (χ3v) is 15.0. The summed E-state index contributed by atoms with van der Waals surface area (Å²) in [5.74, 6) is -0.341. The van der Waals surface area contributed by atoms with Crippen molar-refractivity contribution in [3.05, 3.63) is 94.7 Å². The zero-order chi connectivity index (χ0) is 49.6. The maximum absolute atomic E-state index is 14.1. The molecule has 5 aromatic rings. The third kappa shape index (κ3) is 12.6. The van der Waals surface area contributed by atoms with Crippen LogP contribution in [0, 0.1) is 12.3 Å². The molecule has 2 fully saturated rings. The van der Waals surface area contributed by atoms with Gasteiger partial charge in [0.05, 0.1) is 46.9 Å². The number of nitrogens with zero attached hydrogens (tertiary/aromatic N) is 6. The minimum absolute atomic E-state index is 0.0425. The largest absolute Gasteiger partial charge is 0.494 e. The van der Waals surface area contributed by atoms with Crippen LogP contribution in [-0.4, -0.2) is 125 Å². The molecule has 5 N–H and O–H groups in total. The van der Waals surface area contributed by atoms with Gasteiger partial charge in [0, 0.05) is 75.6 Å². The third-order valence-electron chi connectivity index (χ3n) is 12.2. The van der Waals surface area contributed by atoms with Gasteiger partial charge in [-0.3, -0.25) is 19.2 Å². The fourth-order valence-electron chi connectivity index (χ4n) is 8.40. The molecule has 0 spiro atoms. The number of halogens is 1. The van der Waals surface area contributed by atoms with E-state index in [0.717, 1.165) is 27.4 Å². The van der Waals surface area contributed by atoms with E-state index in [2.05, 4.69) is 41.1 Å². The van der Waals surface area contributed by atoms with E-state index >= 15 is 0 Å². The van der Waals surface area contributed by atoms with Gasteiger partial charge in [0.2, 0.25) is 29.6 Å². The first-order valence-electron chi connectivity index (χ1n) is 22.8. The van der Waals surface area contributed by atoms with Crippen LogP contribution in [0.15, 0.2) is 78.4 Å². The Morgan fingerprint density at radius 1 is 0.957 bits per heavy atom. The highest BCUT2D eigenvalue weighted by Crippen LogP contribution is 2.39. The van der Waals surface area contributed by atoms with Crippen molar-refractivity contribution in [3.63, 3.8) is 0 Å². The van der Waals surface area contributed by atoms with Gasteiger partial charge in [0.15, 0.2) is 5.82 Å². The minimum atomic E-state index is -2.59. The Hall–Kier alpha value is -6.07. The van der Waals surface area contributed by atoms with E-state index in [1.165, 1.54) is 11.1 Å². The molecule has 4 amide bonds. The predicted octanol–water partition coefficient (Wildman–Crippen LogP) is 6.54. The van der Waals surface area contributed by atoms with Crippen LogP contribution in [0.4, 0.5) is 28.8 Å². The van der Waals surface area contributed by atoms with Crippen LogP contribution in [0.25, 0.3) is 10.4 Å². The normalized spacial score (nSPS) is 16.7. The summed E-state index contributed by atoms with van der Waals surface area (Å²) in [6.45, 7) is 13.0. The van der Waals surface area contributed by atoms with E-state index in [4.69, 9.17) is 16.3 Å². The highest BCUT2D eigenvalue weighted by atomic mass is 35.5. The van der Waals surface area contributed by atoms with Crippen molar-refractivity contribution in [3.8, 4) is 16.2 Å². The SMILES string of the molecule is COc1cc(N2CCN(C(=O)CCC(=O)N[C@H](C(=O)N3C[C@H](O)C[C@H]3C(=O)NCc3ccc(-c4scnc4C)cc3)C(C)(C)C)CC2)ccc1Nc1ncc(Cl)c(Nc2ccccc2P(C)(C)=O)n1. The standard InChI is InChI=1S/C49H60ClN10O7PS/c1-30-43(69-29-53-30)32-14-12-31(13-15-32)26-51-46(64)38-25-34(61)28-60(38)47(65)44(49(2,3)4)56-41(62)18-19-42(63)59-22-20-58(21-23-59)33-16-17-36(39(24-33)67-5)55-48-52-27-35(50)45(57-48)54-37-10-8-9-11-40(37)68(6,7)66/h8-17,24,27,29,34,38,44,61H,18-23,25-26,28H2,1-7H3,(H,51,64)(H,56,62)(H2,52,54,55,57)/t34-,38+,44-/m1/s1. The number of aryl methyl sites for hydroxylation is 1. The predicted molar refractivity (Wildman–Crippen MR) is 272 cm³/mol. The van der Waals surface area contributed by atoms with Gasteiger partial charge in [-0.1, -0.05) is 68.8 Å². The summed E-state index contributed by atoms with van der Waals surface area (Å²) in [5.41, 5.74) is 6.08. The van der Waals surface area contributed by atoms with Gasteiger partial charge in [-0.05, 0) is 61.1 Å². The number of hydrogen-bond donors (Lipinski definition) is 5. The van der Waals surface area contributed by atoms with Crippen molar-refractivity contribution in [2.24, 2.45) is 5.41 Å². The van der Waals surface area contributed by atoms with Gasteiger partial charge >= 0.3 is 0 Å². The summed E-state index contributed by atoms with van der Waals surface area (Å²) in [6, 6.07) is 18.9. The van der Waals surface area contributed by atoms with E-state index < -0.39 is 48.5 Å². The van der Waals surface area contributed by atoms with E-state index in [1.807, 2.05) is 94.4 Å². The van der Waals surface area contributed by atoms with Crippen LogP contribution in [0.5, 0.6) is 5.75 Å². The molecule has 2 saturated heterocycles. The number of amides is 4. The first kappa shape index (κ1) is 50.8. The van der Waals surface area contributed by atoms with Crippen molar-refractivity contribution in [1.29, 1.82) is 0 Å². The molecule has 0 aliphatic carbocycles. The molecule has 2 aliphatic heterocycles. The molecule has 3 atom stereocenters. The Kier molecular flexibility index (Phi) is 16.0. The van der Waals surface area contributed by atoms with Crippen LogP contribution in [0.3, 0.4) is 0 Å². The molecule has 0 bridgehead atoms. The zero-order valence-electron chi connectivity index (χ0n) is 39.9. The van der Waals surface area contributed by atoms with Crippen LogP contribution in [0.2, 0.25) is 5.02 Å². The lowest BCUT2D eigenvalue weighted by Crippen LogP contribution is -2.57. The molecule has 0 unspecified atom stereocenters. The minimum Gasteiger partial charge on any atom is -0.494 e. The molecule has 3 aromatic carbocycles. The second-order valence-corrected chi connectivity index (χ2v) is 23.2. The summed E-state index contributed by atoms with van der Waals surface area (Å²) < 4.78 is 18.7. The number of methoxy groups -OCH3 is 1. The monoisotopic (exact) mass is 998 g/mol. The lowest BCUT2D eigenvalue weighted by Gasteiger charge is -2.36. The summed E-state index contributed by atoms with van der Waals surface area (Å²) in [7, 11) is -1.03. The number of ether oxygens (including phenoxy) is 1. The number of para-hydroxylation sites is 1. The summed E-state index contributed by atoms with van der Waals surface area (Å²) in [6.07, 6.45) is 0.483. The van der Waals surface area contributed by atoms with Gasteiger partial charge in [0.1, 0.15) is 30.0 Å². The fourth-order valence-corrected chi connectivity index (χ4v) is 10.5. The number of carbonyl (C=O) groups is 4. The van der Waals surface area contributed by atoms with Gasteiger partial charge in [0.25, 0.3) is 0 Å². The fraction of sp³-hybridized carbons (Fsp3) is 0.408. The number of rotatable bonds is 16. The van der Waals surface area contributed by atoms with Crippen LogP contribution in [0.1, 0.15) is 51.3 Å². The molecule has 0 radical (unpaired) electrons. The number of hydrogen-bond acceptors (Lipinski definition) is 14. The molecule has 69 heavy (non-hydrogen) atoms. The molecule has 17 nitrogen and oxygen atoms in total. The average molecular weight is 1000 g/mol. The second-order valence-electron chi connectivity index (χ2n) is 18.7. The van der Waals surface area contributed by atoms with Crippen molar-refractivity contribution >= 4 is 87.8 Å². The molecule has 7 rings (SSSR count). The smallest absolute Gasteiger partial charge is 0.246 e. The number of aliphatic hydroxyl groups is 1. The van der Waals surface area contributed by atoms with Crippen LogP contribution < -0.4 is 36.2 Å². The average Bonchev–Trinajstić information content (AvgIpc) is 3.94. The number of aromatic nitrogens is 3. The number of thiazole rings is 1. The second kappa shape index (κ2) is 21.7. The number of aliphatic hydroxyl groups excluding tert-OH is 1. The van der Waals surface area contributed by atoms with Crippen molar-refractivity contribution in [2.45, 2.75) is 71.7 Å². The molecule has 2 aromatic heterocycles. The Bertz CT molecular complexity index is 2720. The molecule has 0 saturated carbocycles. The number of carbonyl (C=O) groups excluding carboxylic acids is 4. The first-order chi connectivity index (χ1) is 32.8. The number of piperazine rings is 1. The van der Waals surface area contributed by atoms with E-state index in [0.29, 0.717) is 54.4 Å². The summed E-state index contributed by atoms with van der Waals surface area (Å²) >= 11 is 8.03. The summed E-state index contributed by atoms with van der Waals surface area (Å²) in [4.78, 5) is 74.1. The highest BCUT2D eigenvalue weighted by molar-refractivity contribution is 7.70. The number of nitrogens with one attached hydrogen (secondary N) is 4. The van der Waals surface area contributed by atoms with Gasteiger partial charge in [-0.15, -0.1) is 11.3 Å². The topological polar surface area (TPSA) is 211 Å². The van der Waals surface area contributed by atoms with Gasteiger partial charge in [-0.25, -0.2) is 9.97 Å². The Morgan fingerprint density at radius 3 is 2.35 bits per heavy atom. The van der Waals surface area contributed by atoms with E-state index in [-0.39, 0.29) is 49.2 Å². The zero-order valence-corrected chi connectivity index (χ0v) is 42.4. The maximum Gasteiger partial charge on any atom is 0.246 e. The number of anilines is 5. The molecule has 20 heteroatoms. The van der Waals surface area contributed by atoms with Gasteiger partial charge < -0.3 is 50.4 Å². The van der Waals surface area contributed by atoms with Crippen molar-refractivity contribution in [1.82, 2.24) is 35.4 Å². The van der Waals surface area contributed by atoms with Crippen molar-refractivity contribution in [2.75, 3.05) is 68.7 Å². The molecule has 366 valence electrons. The quantitative estimate of drug-likeness (QED) is 0.0666. The number of benzene rings is 3. The molecule has 2 aliphatic rings.